The first-order chi connectivity index (χ1) is 9.49. The Bertz CT molecular complexity index is 485. The Kier molecular flexibility index (Phi) is 6.03. The van der Waals surface area contributed by atoms with E-state index >= 15 is 0 Å². The quantitative estimate of drug-likeness (QED) is 0.804. The van der Waals surface area contributed by atoms with Crippen molar-refractivity contribution >= 4 is 17.6 Å². The fourth-order valence-corrected chi connectivity index (χ4v) is 1.85. The number of carboxylic acid groups (broad SMARTS) is 1. The minimum Gasteiger partial charge on any atom is -0.496 e. The van der Waals surface area contributed by atoms with Crippen molar-refractivity contribution < 1.29 is 19.4 Å². The molecule has 0 aliphatic heterocycles. The fourth-order valence-electron chi connectivity index (χ4n) is 1.85. The molecule has 1 aromatic rings. The average molecular weight is 279 g/mol. The van der Waals surface area contributed by atoms with Gasteiger partial charge in [0.1, 0.15) is 11.3 Å². The Hall–Kier alpha value is -2.04. The van der Waals surface area contributed by atoms with Crippen LogP contribution in [0.1, 0.15) is 43.5 Å². The summed E-state index contributed by atoms with van der Waals surface area (Å²) in [6.45, 7) is 3.97. The number of nitrogens with one attached hydrogen (secondary N) is 1. The number of aromatic carboxylic acids is 1. The maximum atomic E-state index is 12.0. The number of hydrogen-bond acceptors (Lipinski definition) is 3. The molecule has 5 heteroatoms. The van der Waals surface area contributed by atoms with Crippen molar-refractivity contribution in [3.63, 3.8) is 0 Å². The molecule has 5 nitrogen and oxygen atoms in total. The van der Waals surface area contributed by atoms with Gasteiger partial charge in [-0.1, -0.05) is 26.7 Å². The van der Waals surface area contributed by atoms with Crippen molar-refractivity contribution in [2.45, 2.75) is 33.1 Å². The second-order valence-corrected chi connectivity index (χ2v) is 4.75. The van der Waals surface area contributed by atoms with E-state index < -0.39 is 5.97 Å². The third kappa shape index (κ3) is 4.26. The summed E-state index contributed by atoms with van der Waals surface area (Å²) in [6.07, 6.45) is 2.90. The van der Waals surface area contributed by atoms with E-state index in [2.05, 4.69) is 12.2 Å². The Balaban J connectivity index is 2.78. The van der Waals surface area contributed by atoms with Crippen LogP contribution in [0, 0.1) is 5.92 Å². The van der Waals surface area contributed by atoms with Gasteiger partial charge in [0.05, 0.1) is 7.11 Å². The number of amides is 1. The van der Waals surface area contributed by atoms with Gasteiger partial charge in [0.25, 0.3) is 0 Å². The molecular weight excluding hydrogens is 258 g/mol. The van der Waals surface area contributed by atoms with Gasteiger partial charge in [0.2, 0.25) is 5.91 Å². The maximum absolute atomic E-state index is 12.0. The largest absolute Gasteiger partial charge is 0.496 e. The summed E-state index contributed by atoms with van der Waals surface area (Å²) in [6, 6.07) is 4.51. The lowest BCUT2D eigenvalue weighted by Gasteiger charge is -2.13. The summed E-state index contributed by atoms with van der Waals surface area (Å²) in [5.41, 5.74) is 0.615. The van der Waals surface area contributed by atoms with Crippen LogP contribution in [0.25, 0.3) is 0 Å². The second kappa shape index (κ2) is 7.53. The Morgan fingerprint density at radius 3 is 2.65 bits per heavy atom. The molecule has 1 amide bonds. The van der Waals surface area contributed by atoms with E-state index in [9.17, 15) is 9.59 Å². The van der Waals surface area contributed by atoms with E-state index in [1.54, 1.807) is 6.07 Å². The molecule has 1 unspecified atom stereocenters. The van der Waals surface area contributed by atoms with Crippen molar-refractivity contribution in [1.82, 2.24) is 0 Å². The molecule has 20 heavy (non-hydrogen) atoms. The first-order valence-corrected chi connectivity index (χ1v) is 6.71. The van der Waals surface area contributed by atoms with Crippen LogP contribution in [0.2, 0.25) is 0 Å². The molecule has 0 radical (unpaired) electrons. The highest BCUT2D eigenvalue weighted by molar-refractivity contribution is 5.95. The number of ether oxygens (including phenoxy) is 1. The van der Waals surface area contributed by atoms with E-state index in [1.165, 1.54) is 19.2 Å². The molecule has 0 spiro atoms. The Morgan fingerprint density at radius 1 is 1.40 bits per heavy atom. The van der Waals surface area contributed by atoms with E-state index in [4.69, 9.17) is 9.84 Å². The predicted molar refractivity (Wildman–Crippen MR) is 77.3 cm³/mol. The van der Waals surface area contributed by atoms with Gasteiger partial charge < -0.3 is 15.2 Å². The van der Waals surface area contributed by atoms with Crippen LogP contribution in [-0.2, 0) is 4.79 Å². The summed E-state index contributed by atoms with van der Waals surface area (Å²) in [5.74, 6) is -0.962. The zero-order valence-electron chi connectivity index (χ0n) is 12.1. The summed E-state index contributed by atoms with van der Waals surface area (Å²) >= 11 is 0. The van der Waals surface area contributed by atoms with E-state index in [0.29, 0.717) is 5.69 Å². The number of carboxylic acids is 1. The lowest BCUT2D eigenvalue weighted by molar-refractivity contribution is -0.119. The zero-order valence-corrected chi connectivity index (χ0v) is 12.1. The maximum Gasteiger partial charge on any atom is 0.339 e. The van der Waals surface area contributed by atoms with Crippen LogP contribution in [0.3, 0.4) is 0 Å². The van der Waals surface area contributed by atoms with E-state index in [0.717, 1.165) is 19.3 Å². The zero-order chi connectivity index (χ0) is 15.1. The smallest absolute Gasteiger partial charge is 0.339 e. The molecule has 0 heterocycles. The number of methoxy groups -OCH3 is 1. The minimum absolute atomic E-state index is 0.0661. The summed E-state index contributed by atoms with van der Waals surface area (Å²) in [4.78, 5) is 22.9. The van der Waals surface area contributed by atoms with Crippen molar-refractivity contribution in [3.05, 3.63) is 23.8 Å². The topological polar surface area (TPSA) is 75.6 Å². The average Bonchev–Trinajstić information content (AvgIpc) is 2.44. The molecular formula is C15H21NO4. The molecule has 0 fully saturated rings. The lowest BCUT2D eigenvalue weighted by Crippen LogP contribution is -2.20. The van der Waals surface area contributed by atoms with Gasteiger partial charge in [-0.05, 0) is 18.6 Å². The second-order valence-electron chi connectivity index (χ2n) is 4.75. The molecule has 0 bridgehead atoms. The van der Waals surface area contributed by atoms with E-state index in [-0.39, 0.29) is 23.1 Å². The fraction of sp³-hybridized carbons (Fsp3) is 0.467. The number of benzene rings is 1. The molecule has 0 aromatic heterocycles. The minimum atomic E-state index is -1.06. The number of hydrogen-bond donors (Lipinski definition) is 2. The van der Waals surface area contributed by atoms with Crippen LogP contribution in [0.4, 0.5) is 5.69 Å². The number of carbonyl (C=O) groups excluding carboxylic acids is 1. The van der Waals surface area contributed by atoms with Gasteiger partial charge in [-0.3, -0.25) is 4.79 Å². The predicted octanol–water partition coefficient (Wildman–Crippen LogP) is 3.16. The summed E-state index contributed by atoms with van der Waals surface area (Å²) < 4.78 is 5.02. The third-order valence-electron chi connectivity index (χ3n) is 3.14. The lowest BCUT2D eigenvalue weighted by atomic mass is 10.0. The molecule has 110 valence electrons. The first-order valence-electron chi connectivity index (χ1n) is 6.71. The normalized spacial score (nSPS) is 11.8. The van der Waals surface area contributed by atoms with Gasteiger partial charge in [0, 0.05) is 17.7 Å². The standard InChI is InChI=1S/C15H21NO4/c1-4-5-6-10(2)14(17)16-11-7-8-12(15(18)19)13(9-11)20-3/h7-10H,4-6H2,1-3H3,(H,16,17)(H,18,19). The molecule has 0 saturated carbocycles. The third-order valence-corrected chi connectivity index (χ3v) is 3.14. The van der Waals surface area contributed by atoms with Crippen molar-refractivity contribution in [3.8, 4) is 5.75 Å². The highest BCUT2D eigenvalue weighted by Crippen LogP contribution is 2.24. The van der Waals surface area contributed by atoms with Gasteiger partial charge in [-0.25, -0.2) is 4.79 Å². The van der Waals surface area contributed by atoms with Gasteiger partial charge in [-0.15, -0.1) is 0 Å². The van der Waals surface area contributed by atoms with Crippen molar-refractivity contribution in [2.75, 3.05) is 12.4 Å². The first kappa shape index (κ1) is 16.0. The number of anilines is 1. The SMILES string of the molecule is CCCCC(C)C(=O)Nc1ccc(C(=O)O)c(OC)c1. The molecule has 2 N–H and O–H groups in total. The molecule has 1 rings (SSSR count). The summed E-state index contributed by atoms with van der Waals surface area (Å²) in [7, 11) is 1.40. The molecule has 0 saturated heterocycles. The molecule has 0 aliphatic carbocycles. The van der Waals surface area contributed by atoms with Crippen LogP contribution >= 0.6 is 0 Å². The Labute approximate surface area is 118 Å². The Morgan fingerprint density at radius 2 is 2.10 bits per heavy atom. The summed E-state index contributed by atoms with van der Waals surface area (Å²) in [5, 5.41) is 11.8. The molecule has 1 aromatic carbocycles. The van der Waals surface area contributed by atoms with Gasteiger partial charge in [-0.2, -0.15) is 0 Å². The van der Waals surface area contributed by atoms with Crippen LogP contribution in [-0.4, -0.2) is 24.1 Å². The number of unbranched alkanes of at least 4 members (excludes halogenated alkanes) is 1. The monoisotopic (exact) mass is 279 g/mol. The highest BCUT2D eigenvalue weighted by atomic mass is 16.5. The van der Waals surface area contributed by atoms with Crippen LogP contribution < -0.4 is 10.1 Å². The van der Waals surface area contributed by atoms with Crippen LogP contribution in [0.5, 0.6) is 5.75 Å². The molecule has 0 aliphatic rings. The van der Waals surface area contributed by atoms with Gasteiger partial charge in [0.15, 0.2) is 0 Å². The highest BCUT2D eigenvalue weighted by Gasteiger charge is 2.15. The number of rotatable bonds is 7. The van der Waals surface area contributed by atoms with Crippen molar-refractivity contribution in [2.24, 2.45) is 5.92 Å². The van der Waals surface area contributed by atoms with Crippen molar-refractivity contribution in [1.29, 1.82) is 0 Å². The van der Waals surface area contributed by atoms with E-state index in [1.807, 2.05) is 6.92 Å². The van der Waals surface area contributed by atoms with Crippen LogP contribution in [0.15, 0.2) is 18.2 Å². The molecule has 1 atom stereocenters. The van der Waals surface area contributed by atoms with Gasteiger partial charge >= 0.3 is 5.97 Å². The number of carbonyl (C=O) groups is 2.